The number of halogens is 1. The Hall–Kier alpha value is -5.00. The van der Waals surface area contributed by atoms with Gasteiger partial charge in [0.05, 0.1) is 17.3 Å². The normalized spacial score (nSPS) is 14.5. The van der Waals surface area contributed by atoms with Gasteiger partial charge in [-0.3, -0.25) is 9.59 Å². The number of piperidine rings is 1. The number of amides is 1. The number of benzene rings is 2. The van der Waals surface area contributed by atoms with Gasteiger partial charge >= 0.3 is 23.8 Å². The van der Waals surface area contributed by atoms with Crippen LogP contribution in [-0.4, -0.2) is 45.3 Å². The average molecular weight is 533 g/mol. The minimum absolute atomic E-state index is 0.0271. The van der Waals surface area contributed by atoms with E-state index in [-0.39, 0.29) is 17.7 Å². The number of ether oxygens (including phenoxy) is 1. The zero-order valence-electron chi connectivity index (χ0n) is 20.9. The summed E-state index contributed by atoms with van der Waals surface area (Å²) in [6, 6.07) is 16.1. The number of carboxylic acids is 1. The Morgan fingerprint density at radius 1 is 0.974 bits per heavy atom. The zero-order valence-corrected chi connectivity index (χ0v) is 20.9. The molecule has 1 fully saturated rings. The van der Waals surface area contributed by atoms with E-state index in [9.17, 15) is 19.1 Å². The molecule has 2 aromatic carbocycles. The van der Waals surface area contributed by atoms with E-state index in [0.29, 0.717) is 54.6 Å². The van der Waals surface area contributed by atoms with Gasteiger partial charge in [-0.05, 0) is 80.4 Å². The summed E-state index contributed by atoms with van der Waals surface area (Å²) in [4.78, 5) is 30.4. The molecule has 3 N–H and O–H groups in total. The van der Waals surface area contributed by atoms with Crippen LogP contribution in [0.1, 0.15) is 30.5 Å². The van der Waals surface area contributed by atoms with Gasteiger partial charge in [0.2, 0.25) is 0 Å². The molecule has 1 aliphatic rings. The molecule has 0 unspecified atom stereocenters. The van der Waals surface area contributed by atoms with Crippen molar-refractivity contribution in [2.24, 2.45) is 5.41 Å². The van der Waals surface area contributed by atoms with E-state index in [1.54, 1.807) is 43.3 Å². The van der Waals surface area contributed by atoms with Crippen molar-refractivity contribution >= 4 is 35.1 Å². The van der Waals surface area contributed by atoms with Crippen LogP contribution in [0.25, 0.3) is 0 Å². The fraction of sp³-hybridized carbons (Fsp3) is 0.222. The number of carbonyl (C=O) groups is 2. The van der Waals surface area contributed by atoms with Crippen molar-refractivity contribution in [2.45, 2.75) is 19.8 Å². The molecule has 0 spiro atoms. The first-order valence-electron chi connectivity index (χ1n) is 12.2. The molecule has 39 heavy (non-hydrogen) atoms. The summed E-state index contributed by atoms with van der Waals surface area (Å²) >= 11 is 0. The Kier molecular flexibility index (Phi) is 7.08. The van der Waals surface area contributed by atoms with Gasteiger partial charge in [0.1, 0.15) is 23.1 Å². The highest BCUT2D eigenvalue weighted by molar-refractivity contribution is 6.00. The molecule has 0 atom stereocenters. The molecule has 1 aliphatic heterocycles. The van der Waals surface area contributed by atoms with Crippen LogP contribution in [-0.2, 0) is 4.79 Å². The van der Waals surface area contributed by atoms with Crippen molar-refractivity contribution in [1.29, 1.82) is 0 Å². The lowest BCUT2D eigenvalue weighted by molar-refractivity contribution is -0.149. The van der Waals surface area contributed by atoms with Gasteiger partial charge in [0, 0.05) is 18.8 Å². The summed E-state index contributed by atoms with van der Waals surface area (Å²) < 4.78 is 24.1. The molecule has 12 heteroatoms. The molecule has 200 valence electrons. The number of pyridine rings is 1. The zero-order chi connectivity index (χ0) is 27.4. The number of hydrogen-bond acceptors (Lipinski definition) is 9. The maximum absolute atomic E-state index is 13.0. The lowest BCUT2D eigenvalue weighted by Gasteiger charge is -2.37. The van der Waals surface area contributed by atoms with Crippen molar-refractivity contribution < 1.29 is 28.2 Å². The first-order chi connectivity index (χ1) is 18.8. The number of carboxylic acid groups (broad SMARTS) is 1. The average Bonchev–Trinajstić information content (AvgIpc) is 3.41. The minimum Gasteiger partial charge on any atom is -0.481 e. The predicted octanol–water partition coefficient (Wildman–Crippen LogP) is 5.08. The van der Waals surface area contributed by atoms with Crippen LogP contribution in [0.3, 0.4) is 0 Å². The first-order valence-corrected chi connectivity index (χ1v) is 12.2. The summed E-state index contributed by atoms with van der Waals surface area (Å²) in [6.45, 7) is 2.94. The summed E-state index contributed by atoms with van der Waals surface area (Å²) in [6.07, 6.45) is 2.58. The van der Waals surface area contributed by atoms with Crippen LogP contribution in [0.5, 0.6) is 11.5 Å². The van der Waals surface area contributed by atoms with Crippen molar-refractivity contribution in [2.75, 3.05) is 28.6 Å². The molecule has 0 bridgehead atoms. The second kappa shape index (κ2) is 10.8. The van der Waals surface area contributed by atoms with Gasteiger partial charge in [0.25, 0.3) is 0 Å². The lowest BCUT2D eigenvalue weighted by atomic mass is 9.80. The van der Waals surface area contributed by atoms with Crippen molar-refractivity contribution in [1.82, 2.24) is 15.2 Å². The Bertz CT molecular complexity index is 1450. The van der Waals surface area contributed by atoms with E-state index in [2.05, 4.69) is 25.8 Å². The molecule has 0 radical (unpaired) electrons. The largest absolute Gasteiger partial charge is 0.481 e. The van der Waals surface area contributed by atoms with E-state index in [1.807, 2.05) is 4.90 Å². The van der Waals surface area contributed by atoms with E-state index in [1.165, 1.54) is 30.5 Å². The van der Waals surface area contributed by atoms with E-state index in [0.717, 1.165) is 0 Å². The number of nitrogens with one attached hydrogen (secondary N) is 2. The number of hydrogen-bond donors (Lipinski definition) is 3. The topological polar surface area (TPSA) is 143 Å². The Labute approximate surface area is 222 Å². The van der Waals surface area contributed by atoms with Crippen LogP contribution >= 0.6 is 0 Å². The smallest absolute Gasteiger partial charge is 0.320 e. The van der Waals surface area contributed by atoms with Crippen LogP contribution in [0, 0.1) is 11.2 Å². The third-order valence-electron chi connectivity index (χ3n) is 6.49. The van der Waals surface area contributed by atoms with Gasteiger partial charge in [-0.2, -0.15) is 0 Å². The van der Waals surface area contributed by atoms with E-state index in [4.69, 9.17) is 9.15 Å². The van der Waals surface area contributed by atoms with Crippen molar-refractivity contribution in [3.63, 3.8) is 0 Å². The van der Waals surface area contributed by atoms with Crippen LogP contribution in [0.4, 0.5) is 27.6 Å². The number of rotatable bonds is 8. The molecular formula is C27H25FN6O5. The molecule has 1 amide bonds. The summed E-state index contributed by atoms with van der Waals surface area (Å²) in [5.41, 5.74) is 0.351. The maximum atomic E-state index is 13.0. The molecule has 0 saturated carbocycles. The molecule has 3 heterocycles. The molecule has 0 aliphatic carbocycles. The van der Waals surface area contributed by atoms with E-state index < -0.39 is 17.3 Å². The highest BCUT2D eigenvalue weighted by Crippen LogP contribution is 2.33. The minimum atomic E-state index is -0.779. The second-order valence-electron chi connectivity index (χ2n) is 9.33. The van der Waals surface area contributed by atoms with Gasteiger partial charge in [-0.1, -0.05) is 5.10 Å². The summed E-state index contributed by atoms with van der Waals surface area (Å²) in [7, 11) is 0. The van der Waals surface area contributed by atoms with Gasteiger partial charge in [-0.15, -0.1) is 5.10 Å². The standard InChI is InChI=1S/C27H25FN6O5/c1-27(25(36)37)12-14-34(15-13-27)22-11-6-19(16-29-22)30-23(35)24-32-33-26(39-24)31-18-4-9-21(10-5-18)38-20-7-2-17(28)3-8-20/h2-11,16H,12-15H2,1H3,(H,30,35)(H,31,33)(H,36,37). The highest BCUT2D eigenvalue weighted by atomic mass is 19.1. The highest BCUT2D eigenvalue weighted by Gasteiger charge is 2.37. The third-order valence-corrected chi connectivity index (χ3v) is 6.49. The van der Waals surface area contributed by atoms with Crippen molar-refractivity contribution in [3.8, 4) is 11.5 Å². The number of aromatic nitrogens is 3. The summed E-state index contributed by atoms with van der Waals surface area (Å²) in [5, 5.41) is 22.6. The quantitative estimate of drug-likeness (QED) is 0.281. The molecule has 11 nitrogen and oxygen atoms in total. The van der Waals surface area contributed by atoms with Gasteiger partial charge < -0.3 is 29.8 Å². The molecule has 2 aromatic heterocycles. The first kappa shape index (κ1) is 25.6. The SMILES string of the molecule is CC1(C(=O)O)CCN(c2ccc(NC(=O)c3nnc(Nc4ccc(Oc5ccc(F)cc5)cc4)o3)cn2)CC1. The molecule has 4 aromatic rings. The maximum Gasteiger partial charge on any atom is 0.320 e. The molecular weight excluding hydrogens is 507 g/mol. The monoisotopic (exact) mass is 532 g/mol. The fourth-order valence-electron chi connectivity index (χ4n) is 4.01. The van der Waals surface area contributed by atoms with Gasteiger partial charge in [-0.25, -0.2) is 9.37 Å². The Balaban J connectivity index is 1.13. The Morgan fingerprint density at radius 2 is 1.62 bits per heavy atom. The third kappa shape index (κ3) is 6.12. The second-order valence-corrected chi connectivity index (χ2v) is 9.33. The number of carbonyl (C=O) groups excluding carboxylic acids is 1. The van der Waals surface area contributed by atoms with Crippen molar-refractivity contribution in [3.05, 3.63) is 78.6 Å². The molecule has 5 rings (SSSR count). The fourth-order valence-corrected chi connectivity index (χ4v) is 4.01. The lowest BCUT2D eigenvalue weighted by Crippen LogP contribution is -2.43. The van der Waals surface area contributed by atoms with Gasteiger partial charge in [0.15, 0.2) is 0 Å². The van der Waals surface area contributed by atoms with Crippen LogP contribution < -0.4 is 20.3 Å². The number of anilines is 4. The summed E-state index contributed by atoms with van der Waals surface area (Å²) in [5.74, 6) is -0.187. The predicted molar refractivity (Wildman–Crippen MR) is 140 cm³/mol. The number of aliphatic carboxylic acids is 1. The van der Waals surface area contributed by atoms with Crippen LogP contribution in [0.15, 0.2) is 71.3 Å². The van der Waals surface area contributed by atoms with Crippen LogP contribution in [0.2, 0.25) is 0 Å². The van der Waals surface area contributed by atoms with E-state index >= 15 is 0 Å². The number of nitrogens with zero attached hydrogens (tertiary/aromatic N) is 4. The Morgan fingerprint density at radius 3 is 2.23 bits per heavy atom. The molecule has 1 saturated heterocycles.